The van der Waals surface area contributed by atoms with Crippen LogP contribution in [0.1, 0.15) is 24.9 Å². The van der Waals surface area contributed by atoms with Gasteiger partial charge in [-0.25, -0.2) is 0 Å². The predicted octanol–water partition coefficient (Wildman–Crippen LogP) is 1.22. The van der Waals surface area contributed by atoms with Crippen LogP contribution >= 0.6 is 0 Å². The Hall–Kier alpha value is -1.55. The lowest BCUT2D eigenvalue weighted by Crippen LogP contribution is -2.20. The van der Waals surface area contributed by atoms with Gasteiger partial charge < -0.3 is 15.8 Å². The fourth-order valence-corrected chi connectivity index (χ4v) is 1.27. The van der Waals surface area contributed by atoms with Crippen molar-refractivity contribution in [1.82, 2.24) is 5.32 Å². The quantitative estimate of drug-likeness (QED) is 0.787. The molecule has 1 aromatic carbocycles. The zero-order chi connectivity index (χ0) is 12.0. The zero-order valence-electron chi connectivity index (χ0n) is 9.69. The molecule has 0 fully saturated rings. The number of hydrogen-bond acceptors (Lipinski definition) is 3. The third-order valence-corrected chi connectivity index (χ3v) is 2.26. The van der Waals surface area contributed by atoms with E-state index in [1.54, 1.807) is 7.05 Å². The van der Waals surface area contributed by atoms with E-state index in [1.165, 1.54) is 0 Å². The number of carbonyl (C=O) groups excluding carboxylic acids is 1. The summed E-state index contributed by atoms with van der Waals surface area (Å²) in [4.78, 5) is 11.0. The molecule has 4 nitrogen and oxygen atoms in total. The fraction of sp³-hybridized carbons (Fsp3) is 0.417. The van der Waals surface area contributed by atoms with E-state index in [-0.39, 0.29) is 11.9 Å². The van der Waals surface area contributed by atoms with E-state index in [0.29, 0.717) is 13.0 Å². The standard InChI is InChI=1S/C12H18N2O2/c1-9(13)10-4-3-5-11(8-10)16-7-6-12(15)14-2/h3-5,8-9H,6-7,13H2,1-2H3,(H,14,15)/t9-/m0/s1. The van der Waals surface area contributed by atoms with Crippen molar-refractivity contribution in [2.24, 2.45) is 5.73 Å². The largest absolute Gasteiger partial charge is 0.493 e. The van der Waals surface area contributed by atoms with Crippen LogP contribution in [0.3, 0.4) is 0 Å². The summed E-state index contributed by atoms with van der Waals surface area (Å²) in [6.45, 7) is 2.30. The van der Waals surface area contributed by atoms with E-state index in [9.17, 15) is 4.79 Å². The van der Waals surface area contributed by atoms with Crippen molar-refractivity contribution in [3.05, 3.63) is 29.8 Å². The Morgan fingerprint density at radius 3 is 2.94 bits per heavy atom. The topological polar surface area (TPSA) is 64.3 Å². The Bertz CT molecular complexity index is 351. The number of ether oxygens (including phenoxy) is 1. The van der Waals surface area contributed by atoms with E-state index in [4.69, 9.17) is 10.5 Å². The molecule has 88 valence electrons. The predicted molar refractivity (Wildman–Crippen MR) is 63.2 cm³/mol. The first-order chi connectivity index (χ1) is 7.63. The molecular weight excluding hydrogens is 204 g/mol. The van der Waals surface area contributed by atoms with Crippen LogP contribution in [-0.2, 0) is 4.79 Å². The summed E-state index contributed by atoms with van der Waals surface area (Å²) in [7, 11) is 1.61. The summed E-state index contributed by atoms with van der Waals surface area (Å²) in [5, 5.41) is 2.54. The molecule has 0 aromatic heterocycles. The molecule has 0 saturated carbocycles. The minimum Gasteiger partial charge on any atom is -0.493 e. The van der Waals surface area contributed by atoms with E-state index in [1.807, 2.05) is 31.2 Å². The van der Waals surface area contributed by atoms with Gasteiger partial charge in [-0.1, -0.05) is 12.1 Å². The molecule has 1 rings (SSSR count). The smallest absolute Gasteiger partial charge is 0.223 e. The van der Waals surface area contributed by atoms with Gasteiger partial charge in [0.15, 0.2) is 0 Å². The fourth-order valence-electron chi connectivity index (χ4n) is 1.27. The number of hydrogen-bond donors (Lipinski definition) is 2. The van der Waals surface area contributed by atoms with E-state index in [2.05, 4.69) is 5.32 Å². The van der Waals surface area contributed by atoms with Crippen molar-refractivity contribution in [1.29, 1.82) is 0 Å². The van der Waals surface area contributed by atoms with E-state index in [0.717, 1.165) is 11.3 Å². The normalized spacial score (nSPS) is 11.9. The highest BCUT2D eigenvalue weighted by Gasteiger charge is 2.02. The van der Waals surface area contributed by atoms with Crippen molar-refractivity contribution in [2.75, 3.05) is 13.7 Å². The first kappa shape index (κ1) is 12.5. The first-order valence-electron chi connectivity index (χ1n) is 5.32. The second kappa shape index (κ2) is 6.12. The number of benzene rings is 1. The average Bonchev–Trinajstić information content (AvgIpc) is 2.29. The van der Waals surface area contributed by atoms with E-state index < -0.39 is 0 Å². The van der Waals surface area contributed by atoms with Crippen LogP contribution in [0.25, 0.3) is 0 Å². The van der Waals surface area contributed by atoms with Crippen LogP contribution in [0.4, 0.5) is 0 Å². The molecular formula is C12H18N2O2. The molecule has 0 saturated heterocycles. The van der Waals surface area contributed by atoms with Crippen LogP contribution in [0.15, 0.2) is 24.3 Å². The lowest BCUT2D eigenvalue weighted by Gasteiger charge is -2.09. The number of amides is 1. The SMILES string of the molecule is CNC(=O)CCOc1cccc([C@H](C)N)c1. The van der Waals surface area contributed by atoms with E-state index >= 15 is 0 Å². The van der Waals surface area contributed by atoms with Crippen molar-refractivity contribution in [2.45, 2.75) is 19.4 Å². The van der Waals surface area contributed by atoms with Crippen LogP contribution < -0.4 is 15.8 Å². The highest BCUT2D eigenvalue weighted by Crippen LogP contribution is 2.17. The Kier molecular flexibility index (Phi) is 4.79. The van der Waals surface area contributed by atoms with Gasteiger partial charge in [-0.3, -0.25) is 4.79 Å². The molecule has 1 atom stereocenters. The van der Waals surface area contributed by atoms with Gasteiger partial charge in [-0.2, -0.15) is 0 Å². The molecule has 0 radical (unpaired) electrons. The number of rotatable bonds is 5. The number of nitrogens with two attached hydrogens (primary N) is 1. The summed E-state index contributed by atoms with van der Waals surface area (Å²) < 4.78 is 5.45. The first-order valence-corrected chi connectivity index (χ1v) is 5.32. The van der Waals surface area contributed by atoms with Gasteiger partial charge in [-0.15, -0.1) is 0 Å². The molecule has 1 amide bonds. The Labute approximate surface area is 95.8 Å². The summed E-state index contributed by atoms with van der Waals surface area (Å²) in [6, 6.07) is 7.59. The average molecular weight is 222 g/mol. The van der Waals surface area contributed by atoms with Crippen molar-refractivity contribution < 1.29 is 9.53 Å². The highest BCUT2D eigenvalue weighted by atomic mass is 16.5. The van der Waals surface area contributed by atoms with Gasteiger partial charge in [0, 0.05) is 13.1 Å². The number of carbonyl (C=O) groups is 1. The molecule has 16 heavy (non-hydrogen) atoms. The Balaban J connectivity index is 2.48. The third kappa shape index (κ3) is 3.90. The summed E-state index contributed by atoms with van der Waals surface area (Å²) in [5.41, 5.74) is 6.79. The van der Waals surface area contributed by atoms with Gasteiger partial charge in [0.2, 0.25) is 5.91 Å². The second-order valence-corrected chi connectivity index (χ2v) is 3.63. The molecule has 0 heterocycles. The second-order valence-electron chi connectivity index (χ2n) is 3.63. The minimum absolute atomic E-state index is 0.0116. The minimum atomic E-state index is -0.0247. The molecule has 0 aliphatic rings. The van der Waals surface area contributed by atoms with Crippen molar-refractivity contribution in [3.63, 3.8) is 0 Å². The molecule has 0 aliphatic carbocycles. The van der Waals surface area contributed by atoms with Gasteiger partial charge in [-0.05, 0) is 24.6 Å². The van der Waals surface area contributed by atoms with Gasteiger partial charge in [0.1, 0.15) is 5.75 Å². The maximum atomic E-state index is 11.0. The molecule has 4 heteroatoms. The van der Waals surface area contributed by atoms with Gasteiger partial charge in [0.25, 0.3) is 0 Å². The Morgan fingerprint density at radius 1 is 1.56 bits per heavy atom. The molecule has 0 bridgehead atoms. The lowest BCUT2D eigenvalue weighted by atomic mass is 10.1. The monoisotopic (exact) mass is 222 g/mol. The maximum absolute atomic E-state index is 11.0. The highest BCUT2D eigenvalue weighted by molar-refractivity contribution is 5.75. The van der Waals surface area contributed by atoms with Crippen molar-refractivity contribution >= 4 is 5.91 Å². The summed E-state index contributed by atoms with van der Waals surface area (Å²) in [6.07, 6.45) is 0.360. The van der Waals surface area contributed by atoms with Crippen LogP contribution in [0.2, 0.25) is 0 Å². The lowest BCUT2D eigenvalue weighted by molar-refractivity contribution is -0.121. The molecule has 0 unspecified atom stereocenters. The van der Waals surface area contributed by atoms with Crippen LogP contribution in [0, 0.1) is 0 Å². The van der Waals surface area contributed by atoms with Gasteiger partial charge >= 0.3 is 0 Å². The number of nitrogens with one attached hydrogen (secondary N) is 1. The molecule has 1 aromatic rings. The zero-order valence-corrected chi connectivity index (χ0v) is 9.69. The third-order valence-electron chi connectivity index (χ3n) is 2.26. The Morgan fingerprint density at radius 2 is 2.31 bits per heavy atom. The van der Waals surface area contributed by atoms with Crippen LogP contribution in [0.5, 0.6) is 5.75 Å². The molecule has 0 aliphatic heterocycles. The molecule has 0 spiro atoms. The maximum Gasteiger partial charge on any atom is 0.223 e. The summed E-state index contributed by atoms with van der Waals surface area (Å²) >= 11 is 0. The summed E-state index contributed by atoms with van der Waals surface area (Å²) in [5.74, 6) is 0.724. The van der Waals surface area contributed by atoms with Crippen LogP contribution in [-0.4, -0.2) is 19.6 Å². The van der Waals surface area contributed by atoms with Crippen molar-refractivity contribution in [3.8, 4) is 5.75 Å². The van der Waals surface area contributed by atoms with Gasteiger partial charge in [0.05, 0.1) is 13.0 Å². The molecule has 3 N–H and O–H groups in total.